The third kappa shape index (κ3) is 1.74. The molecule has 0 aliphatic heterocycles. The molecule has 0 radical (unpaired) electrons. The lowest BCUT2D eigenvalue weighted by molar-refractivity contribution is 1.51. The van der Waals surface area contributed by atoms with Gasteiger partial charge in [0, 0.05) is 21.4 Å². The van der Waals surface area contributed by atoms with Crippen LogP contribution in [0.1, 0.15) is 5.56 Å². The van der Waals surface area contributed by atoms with Crippen LogP contribution in [0.2, 0.25) is 0 Å². The molecular formula is C8H9BrN2. The van der Waals surface area contributed by atoms with Gasteiger partial charge in [0.05, 0.1) is 0 Å². The molecule has 0 saturated heterocycles. The molecule has 0 bridgehead atoms. The van der Waals surface area contributed by atoms with Crippen LogP contribution in [-0.2, 0) is 0 Å². The molecule has 1 aromatic rings. The molecule has 0 saturated carbocycles. The van der Waals surface area contributed by atoms with Crippen molar-refractivity contribution in [1.82, 2.24) is 0 Å². The van der Waals surface area contributed by atoms with Crippen LogP contribution < -0.4 is 11.5 Å². The highest BCUT2D eigenvalue weighted by molar-refractivity contribution is 9.10. The van der Waals surface area contributed by atoms with Gasteiger partial charge in [0.2, 0.25) is 0 Å². The molecule has 0 spiro atoms. The van der Waals surface area contributed by atoms with Crippen LogP contribution >= 0.6 is 15.9 Å². The first-order valence-corrected chi connectivity index (χ1v) is 3.90. The smallest absolute Gasteiger partial charge is 0.0409 e. The first kappa shape index (κ1) is 8.14. The SMILES string of the molecule is C=C(N)c1cc(Br)ccc1N. The summed E-state index contributed by atoms with van der Waals surface area (Å²) in [5.41, 5.74) is 13.1. The Morgan fingerprint density at radius 1 is 1.45 bits per heavy atom. The molecule has 0 heterocycles. The molecule has 0 unspecified atom stereocenters. The largest absolute Gasteiger partial charge is 0.399 e. The third-order valence-corrected chi connectivity index (χ3v) is 1.85. The normalized spacial score (nSPS) is 9.55. The monoisotopic (exact) mass is 212 g/mol. The standard InChI is InChI=1S/C8H9BrN2/c1-5(10)7-4-6(9)2-3-8(7)11/h2-4H,1,10-11H2. The first-order chi connectivity index (χ1) is 5.11. The lowest BCUT2D eigenvalue weighted by atomic mass is 10.1. The zero-order chi connectivity index (χ0) is 8.43. The molecule has 4 N–H and O–H groups in total. The van der Waals surface area contributed by atoms with Crippen molar-refractivity contribution in [3.8, 4) is 0 Å². The van der Waals surface area contributed by atoms with Crippen molar-refractivity contribution in [3.63, 3.8) is 0 Å². The molecular weight excluding hydrogens is 204 g/mol. The van der Waals surface area contributed by atoms with Crippen LogP contribution in [0.4, 0.5) is 5.69 Å². The number of nitrogen functional groups attached to an aromatic ring is 1. The van der Waals surface area contributed by atoms with E-state index in [-0.39, 0.29) is 0 Å². The lowest BCUT2D eigenvalue weighted by Gasteiger charge is -2.03. The van der Waals surface area contributed by atoms with Gasteiger partial charge < -0.3 is 11.5 Å². The van der Waals surface area contributed by atoms with Crippen LogP contribution in [0.3, 0.4) is 0 Å². The highest BCUT2D eigenvalue weighted by atomic mass is 79.9. The van der Waals surface area contributed by atoms with Gasteiger partial charge >= 0.3 is 0 Å². The summed E-state index contributed by atoms with van der Waals surface area (Å²) in [5.74, 6) is 0. The van der Waals surface area contributed by atoms with E-state index in [9.17, 15) is 0 Å². The molecule has 3 heteroatoms. The van der Waals surface area contributed by atoms with E-state index < -0.39 is 0 Å². The number of nitrogens with two attached hydrogens (primary N) is 2. The average molecular weight is 213 g/mol. The van der Waals surface area contributed by atoms with Gasteiger partial charge in [-0.05, 0) is 18.2 Å². The Balaban J connectivity index is 3.23. The molecule has 0 fully saturated rings. The highest BCUT2D eigenvalue weighted by Gasteiger charge is 1.99. The Morgan fingerprint density at radius 3 is 2.55 bits per heavy atom. The predicted octanol–water partition coefficient (Wildman–Crippen LogP) is 1.96. The maximum Gasteiger partial charge on any atom is 0.0409 e. The van der Waals surface area contributed by atoms with Crippen molar-refractivity contribution >= 4 is 27.3 Å². The van der Waals surface area contributed by atoms with Gasteiger partial charge in [-0.2, -0.15) is 0 Å². The van der Waals surface area contributed by atoms with Crippen LogP contribution in [0.15, 0.2) is 29.3 Å². The Morgan fingerprint density at radius 2 is 2.09 bits per heavy atom. The Labute approximate surface area is 74.0 Å². The molecule has 0 amide bonds. The van der Waals surface area contributed by atoms with E-state index in [1.165, 1.54) is 0 Å². The quantitative estimate of drug-likeness (QED) is 0.700. The van der Waals surface area contributed by atoms with Crippen LogP contribution in [0.5, 0.6) is 0 Å². The Kier molecular flexibility index (Phi) is 2.19. The van der Waals surface area contributed by atoms with Crippen molar-refractivity contribution in [2.45, 2.75) is 0 Å². The number of hydrogen-bond acceptors (Lipinski definition) is 2. The second kappa shape index (κ2) is 2.96. The summed E-state index contributed by atoms with van der Waals surface area (Å²) < 4.78 is 0.952. The van der Waals surface area contributed by atoms with Gasteiger partial charge in [-0.3, -0.25) is 0 Å². The summed E-state index contributed by atoms with van der Waals surface area (Å²) in [6.45, 7) is 3.60. The van der Waals surface area contributed by atoms with E-state index in [4.69, 9.17) is 11.5 Å². The number of hydrogen-bond donors (Lipinski definition) is 2. The van der Waals surface area contributed by atoms with Crippen molar-refractivity contribution < 1.29 is 0 Å². The van der Waals surface area contributed by atoms with E-state index in [2.05, 4.69) is 22.5 Å². The van der Waals surface area contributed by atoms with E-state index >= 15 is 0 Å². The second-order valence-electron chi connectivity index (χ2n) is 2.26. The topological polar surface area (TPSA) is 52.0 Å². The molecule has 1 aromatic carbocycles. The summed E-state index contributed by atoms with van der Waals surface area (Å²) in [6.07, 6.45) is 0. The minimum atomic E-state index is 0.490. The van der Waals surface area contributed by atoms with Crippen LogP contribution in [0, 0.1) is 0 Å². The van der Waals surface area contributed by atoms with E-state index in [0.717, 1.165) is 10.0 Å². The van der Waals surface area contributed by atoms with Gasteiger partial charge in [0.15, 0.2) is 0 Å². The zero-order valence-electron chi connectivity index (χ0n) is 5.97. The fourth-order valence-corrected chi connectivity index (χ4v) is 1.17. The maximum atomic E-state index is 5.63. The average Bonchev–Trinajstić information content (AvgIpc) is 1.94. The number of rotatable bonds is 1. The fourth-order valence-electron chi connectivity index (χ4n) is 0.807. The third-order valence-electron chi connectivity index (χ3n) is 1.36. The Bertz CT molecular complexity index is 294. The van der Waals surface area contributed by atoms with Gasteiger partial charge in [0.1, 0.15) is 0 Å². The fraction of sp³-hybridized carbons (Fsp3) is 0. The summed E-state index contributed by atoms with van der Waals surface area (Å²) in [7, 11) is 0. The van der Waals surface area contributed by atoms with Crippen molar-refractivity contribution in [2.75, 3.05) is 5.73 Å². The van der Waals surface area contributed by atoms with E-state index in [1.807, 2.05) is 12.1 Å². The minimum Gasteiger partial charge on any atom is -0.399 e. The molecule has 0 aromatic heterocycles. The van der Waals surface area contributed by atoms with Gasteiger partial charge in [0.25, 0.3) is 0 Å². The van der Waals surface area contributed by atoms with Crippen molar-refractivity contribution in [2.24, 2.45) is 5.73 Å². The number of anilines is 1. The summed E-state index contributed by atoms with van der Waals surface area (Å²) in [5, 5.41) is 0. The molecule has 1 rings (SSSR count). The van der Waals surface area contributed by atoms with E-state index in [0.29, 0.717) is 11.4 Å². The minimum absolute atomic E-state index is 0.490. The summed E-state index contributed by atoms with van der Waals surface area (Å²) in [4.78, 5) is 0. The maximum absolute atomic E-state index is 5.63. The van der Waals surface area contributed by atoms with Crippen LogP contribution in [0.25, 0.3) is 5.70 Å². The zero-order valence-corrected chi connectivity index (χ0v) is 7.56. The van der Waals surface area contributed by atoms with Crippen molar-refractivity contribution in [1.29, 1.82) is 0 Å². The molecule has 0 aliphatic rings. The van der Waals surface area contributed by atoms with Gasteiger partial charge in [-0.15, -0.1) is 0 Å². The first-order valence-electron chi connectivity index (χ1n) is 3.11. The molecule has 0 atom stereocenters. The van der Waals surface area contributed by atoms with Gasteiger partial charge in [-0.25, -0.2) is 0 Å². The molecule has 2 nitrogen and oxygen atoms in total. The second-order valence-corrected chi connectivity index (χ2v) is 3.17. The highest BCUT2D eigenvalue weighted by Crippen LogP contribution is 2.21. The predicted molar refractivity (Wildman–Crippen MR) is 51.8 cm³/mol. The van der Waals surface area contributed by atoms with E-state index in [1.54, 1.807) is 6.07 Å². The summed E-state index contributed by atoms with van der Waals surface area (Å²) >= 11 is 3.31. The molecule has 58 valence electrons. The van der Waals surface area contributed by atoms with Crippen molar-refractivity contribution in [3.05, 3.63) is 34.8 Å². The summed E-state index contributed by atoms with van der Waals surface area (Å²) in [6, 6.07) is 5.50. The number of halogens is 1. The Hall–Kier alpha value is -0.960. The lowest BCUT2D eigenvalue weighted by Crippen LogP contribution is -1.99. The van der Waals surface area contributed by atoms with Gasteiger partial charge in [-0.1, -0.05) is 22.5 Å². The molecule has 0 aliphatic carbocycles. The number of benzene rings is 1. The molecule has 11 heavy (non-hydrogen) atoms. The van der Waals surface area contributed by atoms with Crippen LogP contribution in [-0.4, -0.2) is 0 Å².